The Balaban J connectivity index is 1.31. The van der Waals surface area contributed by atoms with Crippen molar-refractivity contribution in [2.45, 2.75) is 64.6 Å². The Kier molecular flexibility index (Phi) is 8.77. The van der Waals surface area contributed by atoms with Gasteiger partial charge in [-0.1, -0.05) is 38.6 Å². The maximum absolute atomic E-state index is 13.0. The van der Waals surface area contributed by atoms with Crippen molar-refractivity contribution >= 4 is 40.5 Å². The standard InChI is InChI=1S/C33H40N8O2/c1-6-30(42)38-25-12-8-10-23(16-25)32(43)39-24-11-7-9-22(15-24)18-34-29-17-28(37-26-13-14-33(4,5)35-19-26)40-31-27(21(2)3)20-36-41(29)31/h6-12,15-17,20-21,26,34-35H,1,13-14,18-19H2,2-5H3,(H,37,40)(H,38,42)(H,39,43)/t26-/m0/s1. The molecule has 0 radical (unpaired) electrons. The molecule has 3 heterocycles. The van der Waals surface area contributed by atoms with Crippen LogP contribution in [-0.4, -0.2) is 44.5 Å². The molecule has 2 amide bonds. The fourth-order valence-electron chi connectivity index (χ4n) is 5.13. The molecule has 2 aromatic heterocycles. The molecule has 4 aromatic rings. The largest absolute Gasteiger partial charge is 0.366 e. The van der Waals surface area contributed by atoms with Gasteiger partial charge in [0.25, 0.3) is 5.91 Å². The zero-order valence-corrected chi connectivity index (χ0v) is 25.2. The third-order valence-electron chi connectivity index (χ3n) is 7.65. The van der Waals surface area contributed by atoms with Gasteiger partial charge in [0.1, 0.15) is 11.6 Å². The van der Waals surface area contributed by atoms with Crippen LogP contribution < -0.4 is 26.6 Å². The van der Waals surface area contributed by atoms with Crippen LogP contribution in [0.2, 0.25) is 0 Å². The first-order valence-electron chi connectivity index (χ1n) is 14.7. The molecule has 1 atom stereocenters. The van der Waals surface area contributed by atoms with Gasteiger partial charge in [-0.3, -0.25) is 9.59 Å². The highest BCUT2D eigenvalue weighted by Crippen LogP contribution is 2.26. The predicted octanol–water partition coefficient (Wildman–Crippen LogP) is 5.78. The molecule has 0 unspecified atom stereocenters. The highest BCUT2D eigenvalue weighted by Gasteiger charge is 2.26. The average molecular weight is 581 g/mol. The van der Waals surface area contributed by atoms with E-state index in [0.717, 1.165) is 47.8 Å². The Bertz CT molecular complexity index is 1630. The second-order valence-electron chi connectivity index (χ2n) is 11.9. The first-order chi connectivity index (χ1) is 20.6. The lowest BCUT2D eigenvalue weighted by Gasteiger charge is -2.36. The van der Waals surface area contributed by atoms with Gasteiger partial charge in [0.15, 0.2) is 5.65 Å². The smallest absolute Gasteiger partial charge is 0.255 e. The summed E-state index contributed by atoms with van der Waals surface area (Å²) >= 11 is 0. The lowest BCUT2D eigenvalue weighted by molar-refractivity contribution is -0.111. The number of fused-ring (bicyclic) bond motifs is 1. The van der Waals surface area contributed by atoms with Gasteiger partial charge >= 0.3 is 0 Å². The van der Waals surface area contributed by atoms with Crippen molar-refractivity contribution in [2.75, 3.05) is 27.8 Å². The van der Waals surface area contributed by atoms with Gasteiger partial charge in [-0.15, -0.1) is 0 Å². The third kappa shape index (κ3) is 7.39. The van der Waals surface area contributed by atoms with Crippen LogP contribution >= 0.6 is 0 Å². The minimum absolute atomic E-state index is 0.152. The molecule has 10 heteroatoms. The van der Waals surface area contributed by atoms with E-state index in [1.807, 2.05) is 41.0 Å². The quantitative estimate of drug-likeness (QED) is 0.151. The molecule has 10 nitrogen and oxygen atoms in total. The van der Waals surface area contributed by atoms with E-state index in [1.165, 1.54) is 6.08 Å². The fraction of sp³-hybridized carbons (Fsp3) is 0.333. The summed E-state index contributed by atoms with van der Waals surface area (Å²) < 4.78 is 1.85. The second-order valence-corrected chi connectivity index (χ2v) is 11.9. The van der Waals surface area contributed by atoms with Crippen molar-refractivity contribution in [3.05, 3.63) is 90.1 Å². The molecule has 1 aliphatic heterocycles. The van der Waals surface area contributed by atoms with E-state index in [1.54, 1.807) is 24.3 Å². The Morgan fingerprint density at radius 2 is 1.88 bits per heavy atom. The predicted molar refractivity (Wildman–Crippen MR) is 173 cm³/mol. The van der Waals surface area contributed by atoms with Gasteiger partial charge in [0.2, 0.25) is 5.91 Å². The summed E-state index contributed by atoms with van der Waals surface area (Å²) in [7, 11) is 0. The van der Waals surface area contributed by atoms with Gasteiger partial charge < -0.3 is 26.6 Å². The van der Waals surface area contributed by atoms with Crippen LogP contribution in [-0.2, 0) is 11.3 Å². The molecule has 5 rings (SSSR count). The van der Waals surface area contributed by atoms with Crippen LogP contribution in [0.5, 0.6) is 0 Å². The van der Waals surface area contributed by atoms with Gasteiger partial charge in [0.05, 0.1) is 6.20 Å². The maximum Gasteiger partial charge on any atom is 0.255 e. The van der Waals surface area contributed by atoms with Crippen molar-refractivity contribution < 1.29 is 9.59 Å². The first kappa shape index (κ1) is 29.8. The Morgan fingerprint density at radius 3 is 2.60 bits per heavy atom. The van der Waals surface area contributed by atoms with E-state index in [4.69, 9.17) is 4.98 Å². The highest BCUT2D eigenvalue weighted by molar-refractivity contribution is 6.06. The molecular formula is C33H40N8O2. The number of aromatic nitrogens is 3. The summed E-state index contributed by atoms with van der Waals surface area (Å²) in [4.78, 5) is 29.6. The van der Waals surface area contributed by atoms with E-state index in [9.17, 15) is 9.59 Å². The molecule has 1 aliphatic rings. The minimum Gasteiger partial charge on any atom is -0.366 e. The summed E-state index contributed by atoms with van der Waals surface area (Å²) in [6, 6.07) is 16.8. The molecule has 0 spiro atoms. The van der Waals surface area contributed by atoms with Crippen LogP contribution in [0.4, 0.5) is 23.0 Å². The van der Waals surface area contributed by atoms with Gasteiger partial charge in [-0.05, 0) is 74.6 Å². The van der Waals surface area contributed by atoms with Crippen LogP contribution in [0, 0.1) is 0 Å². The van der Waals surface area contributed by atoms with Gasteiger partial charge in [-0.2, -0.15) is 9.61 Å². The zero-order chi connectivity index (χ0) is 30.6. The van der Waals surface area contributed by atoms with E-state index in [2.05, 4.69) is 66.0 Å². The van der Waals surface area contributed by atoms with Crippen molar-refractivity contribution in [1.29, 1.82) is 0 Å². The molecule has 43 heavy (non-hydrogen) atoms. The molecule has 0 saturated carbocycles. The number of rotatable bonds is 10. The van der Waals surface area contributed by atoms with Crippen molar-refractivity contribution in [1.82, 2.24) is 19.9 Å². The van der Waals surface area contributed by atoms with E-state index < -0.39 is 0 Å². The average Bonchev–Trinajstić information content (AvgIpc) is 3.42. The number of amides is 2. The molecular weight excluding hydrogens is 540 g/mol. The van der Waals surface area contributed by atoms with E-state index >= 15 is 0 Å². The molecule has 5 N–H and O–H groups in total. The van der Waals surface area contributed by atoms with E-state index in [-0.39, 0.29) is 23.3 Å². The Hall–Kier alpha value is -4.70. The number of hydrogen-bond acceptors (Lipinski definition) is 7. The van der Waals surface area contributed by atoms with Gasteiger partial charge in [-0.25, -0.2) is 4.98 Å². The number of piperidine rings is 1. The topological polar surface area (TPSA) is 124 Å². The number of carbonyl (C=O) groups is 2. The maximum atomic E-state index is 13.0. The van der Waals surface area contributed by atoms with Gasteiger partial charge in [0, 0.05) is 53.2 Å². The lowest BCUT2D eigenvalue weighted by Crippen LogP contribution is -2.50. The van der Waals surface area contributed by atoms with Crippen molar-refractivity contribution in [3.8, 4) is 0 Å². The SMILES string of the molecule is C=CC(=O)Nc1cccc(C(=O)Nc2cccc(CNc3cc(N[C@H]4CCC(C)(C)NC4)nc4c(C(C)C)cnn34)c2)c1. The van der Waals surface area contributed by atoms with Crippen LogP contribution in [0.25, 0.3) is 5.65 Å². The number of hydrogen-bond donors (Lipinski definition) is 5. The normalized spacial score (nSPS) is 16.1. The highest BCUT2D eigenvalue weighted by atomic mass is 16.2. The summed E-state index contributed by atoms with van der Waals surface area (Å²) in [5, 5.41) is 21.1. The minimum atomic E-state index is -0.335. The van der Waals surface area contributed by atoms with Crippen LogP contribution in [0.15, 0.2) is 73.4 Å². The monoisotopic (exact) mass is 580 g/mol. The fourth-order valence-corrected chi connectivity index (χ4v) is 5.13. The molecule has 0 aliphatic carbocycles. The summed E-state index contributed by atoms with van der Waals surface area (Å²) in [5.74, 6) is 1.32. The van der Waals surface area contributed by atoms with E-state index in [0.29, 0.717) is 29.5 Å². The summed E-state index contributed by atoms with van der Waals surface area (Å²) in [5.41, 5.74) is 4.68. The molecule has 1 saturated heterocycles. The lowest BCUT2D eigenvalue weighted by atomic mass is 9.91. The third-order valence-corrected chi connectivity index (χ3v) is 7.65. The molecule has 224 valence electrons. The molecule has 1 fully saturated rings. The zero-order valence-electron chi connectivity index (χ0n) is 25.2. The molecule has 0 bridgehead atoms. The summed E-state index contributed by atoms with van der Waals surface area (Å²) in [6.07, 6.45) is 5.23. The number of benzene rings is 2. The number of carbonyl (C=O) groups excluding carboxylic acids is 2. The molecule has 2 aromatic carbocycles. The Labute approximate surface area is 252 Å². The second kappa shape index (κ2) is 12.7. The summed E-state index contributed by atoms with van der Waals surface area (Å²) in [6.45, 7) is 13.6. The van der Waals surface area contributed by atoms with Crippen LogP contribution in [0.3, 0.4) is 0 Å². The number of nitrogens with zero attached hydrogens (tertiary/aromatic N) is 3. The Morgan fingerprint density at radius 1 is 1.12 bits per heavy atom. The first-order valence-corrected chi connectivity index (χ1v) is 14.7. The van der Waals surface area contributed by atoms with Crippen molar-refractivity contribution in [2.24, 2.45) is 0 Å². The number of anilines is 4. The van der Waals surface area contributed by atoms with Crippen LogP contribution in [0.1, 0.15) is 67.9 Å². The number of nitrogens with one attached hydrogen (secondary N) is 5. The van der Waals surface area contributed by atoms with Crippen molar-refractivity contribution in [3.63, 3.8) is 0 Å².